The van der Waals surface area contributed by atoms with Crippen molar-refractivity contribution < 1.29 is 9.13 Å². The number of ether oxygens (including phenoxy) is 1. The van der Waals surface area contributed by atoms with E-state index in [4.69, 9.17) is 10.00 Å². The lowest BCUT2D eigenvalue weighted by Crippen LogP contribution is -2.24. The molecular weight excluding hydrogens is 399 g/mol. The van der Waals surface area contributed by atoms with E-state index < -0.39 is 0 Å². The summed E-state index contributed by atoms with van der Waals surface area (Å²) in [5.41, 5.74) is 0. The second-order valence-electron chi connectivity index (χ2n) is 8.53. The van der Waals surface area contributed by atoms with E-state index in [9.17, 15) is 4.39 Å². The number of nitriles is 1. The van der Waals surface area contributed by atoms with Crippen LogP contribution in [0, 0.1) is 34.9 Å². The van der Waals surface area contributed by atoms with Crippen LogP contribution in [-0.2, 0) is 6.61 Å². The number of aromatic nitrogens is 3. The molecule has 0 spiro atoms. The van der Waals surface area contributed by atoms with Crippen LogP contribution in [0.1, 0.15) is 63.7 Å². The topological polar surface area (TPSA) is 63.7 Å². The first kappa shape index (κ1) is 21.2. The Balaban J connectivity index is 1.50. The molecule has 0 amide bonds. The summed E-state index contributed by atoms with van der Waals surface area (Å²) in [7, 11) is 0. The summed E-state index contributed by atoms with van der Waals surface area (Å²) < 4.78 is 22.0. The maximum Gasteiger partial charge on any atom is 0.191 e. The highest BCUT2D eigenvalue weighted by Crippen LogP contribution is 2.52. The van der Waals surface area contributed by atoms with E-state index in [-0.39, 0.29) is 18.2 Å². The molecular formula is C23H29FN4OS. The van der Waals surface area contributed by atoms with Crippen molar-refractivity contribution in [2.75, 3.05) is 5.75 Å². The van der Waals surface area contributed by atoms with Gasteiger partial charge in [0.25, 0.3) is 0 Å². The molecule has 1 aromatic carbocycles. The fourth-order valence-corrected chi connectivity index (χ4v) is 6.20. The van der Waals surface area contributed by atoms with E-state index in [1.807, 2.05) is 0 Å². The SMILES string of the molecule is CC(C1CC2CCC1C2)n1c(COc2ccccc2F)nnc1SCCCCC#N. The summed E-state index contributed by atoms with van der Waals surface area (Å²) in [5.74, 6) is 3.86. The van der Waals surface area contributed by atoms with Gasteiger partial charge in [-0.15, -0.1) is 10.2 Å². The number of para-hydroxylation sites is 1. The molecule has 4 rings (SSSR count). The standard InChI is InChI=1S/C23H29FN4OS/c1-16(19-14-17-9-10-18(19)13-17)28-22(15-29-21-8-4-3-7-20(21)24)26-27-23(28)30-12-6-2-5-11-25/h3-4,7-8,16-19H,2,5-6,9-10,12-15H2,1H3. The molecule has 2 aliphatic carbocycles. The maximum absolute atomic E-state index is 14.0. The lowest BCUT2D eigenvalue weighted by molar-refractivity contribution is 0.215. The minimum absolute atomic E-state index is 0.202. The first-order chi connectivity index (χ1) is 14.7. The fourth-order valence-electron chi connectivity index (χ4n) is 5.16. The number of rotatable bonds is 10. The van der Waals surface area contributed by atoms with Gasteiger partial charge in [-0.2, -0.15) is 5.26 Å². The molecule has 0 saturated heterocycles. The van der Waals surface area contributed by atoms with Gasteiger partial charge in [0.15, 0.2) is 22.5 Å². The highest BCUT2D eigenvalue weighted by atomic mass is 32.2. The molecule has 30 heavy (non-hydrogen) atoms. The van der Waals surface area contributed by atoms with Crippen LogP contribution in [0.5, 0.6) is 5.75 Å². The minimum Gasteiger partial charge on any atom is -0.483 e. The van der Waals surface area contributed by atoms with Crippen LogP contribution in [0.2, 0.25) is 0 Å². The number of benzene rings is 1. The summed E-state index contributed by atoms with van der Waals surface area (Å²) in [6.45, 7) is 2.48. The van der Waals surface area contributed by atoms with E-state index >= 15 is 0 Å². The van der Waals surface area contributed by atoms with Crippen molar-refractivity contribution in [3.63, 3.8) is 0 Å². The van der Waals surface area contributed by atoms with Crippen molar-refractivity contribution in [3.8, 4) is 11.8 Å². The van der Waals surface area contributed by atoms with Crippen LogP contribution >= 0.6 is 11.8 Å². The number of nitrogens with zero attached hydrogens (tertiary/aromatic N) is 4. The van der Waals surface area contributed by atoms with Gasteiger partial charge in [-0.25, -0.2) is 4.39 Å². The Morgan fingerprint density at radius 1 is 1.27 bits per heavy atom. The number of halogens is 1. The average molecular weight is 429 g/mol. The zero-order chi connectivity index (χ0) is 20.9. The third-order valence-electron chi connectivity index (χ3n) is 6.66. The third-order valence-corrected chi connectivity index (χ3v) is 7.69. The van der Waals surface area contributed by atoms with Crippen LogP contribution in [0.15, 0.2) is 29.4 Å². The number of hydrogen-bond acceptors (Lipinski definition) is 5. The number of fused-ring (bicyclic) bond motifs is 2. The van der Waals surface area contributed by atoms with Crippen molar-refractivity contribution >= 4 is 11.8 Å². The molecule has 2 aromatic rings. The number of thioether (sulfide) groups is 1. The highest BCUT2D eigenvalue weighted by molar-refractivity contribution is 7.99. The van der Waals surface area contributed by atoms with Gasteiger partial charge >= 0.3 is 0 Å². The van der Waals surface area contributed by atoms with Crippen LogP contribution < -0.4 is 4.74 Å². The van der Waals surface area contributed by atoms with E-state index in [0.29, 0.717) is 18.4 Å². The summed E-state index contributed by atoms with van der Waals surface area (Å²) in [4.78, 5) is 0. The Hall–Kier alpha value is -2.07. The third kappa shape index (κ3) is 4.64. The molecule has 2 saturated carbocycles. The predicted octanol–water partition coefficient (Wildman–Crippen LogP) is 5.78. The monoisotopic (exact) mass is 428 g/mol. The number of hydrogen-bond donors (Lipinski definition) is 0. The number of unbranched alkanes of at least 4 members (excludes halogenated alkanes) is 2. The molecule has 7 heteroatoms. The second kappa shape index (κ2) is 9.82. The molecule has 0 aliphatic heterocycles. The molecule has 2 bridgehead atoms. The largest absolute Gasteiger partial charge is 0.483 e. The van der Waals surface area contributed by atoms with Gasteiger partial charge < -0.3 is 4.74 Å². The van der Waals surface area contributed by atoms with Crippen molar-refractivity contribution in [3.05, 3.63) is 35.9 Å². The van der Waals surface area contributed by atoms with E-state index in [1.54, 1.807) is 30.0 Å². The van der Waals surface area contributed by atoms with Crippen LogP contribution in [-0.4, -0.2) is 20.5 Å². The van der Waals surface area contributed by atoms with Gasteiger partial charge in [-0.3, -0.25) is 4.57 Å². The molecule has 2 fully saturated rings. The molecule has 0 radical (unpaired) electrons. The van der Waals surface area contributed by atoms with Crippen LogP contribution in [0.3, 0.4) is 0 Å². The van der Waals surface area contributed by atoms with Crippen LogP contribution in [0.4, 0.5) is 4.39 Å². The smallest absolute Gasteiger partial charge is 0.191 e. The summed E-state index contributed by atoms with van der Waals surface area (Å²) in [6, 6.07) is 8.97. The van der Waals surface area contributed by atoms with Gasteiger partial charge in [-0.1, -0.05) is 30.3 Å². The summed E-state index contributed by atoms with van der Waals surface area (Å²) in [6.07, 6.45) is 7.83. The van der Waals surface area contributed by atoms with Crippen molar-refractivity contribution in [1.82, 2.24) is 14.8 Å². The fraction of sp³-hybridized carbons (Fsp3) is 0.609. The molecule has 4 atom stereocenters. The molecule has 1 heterocycles. The summed E-state index contributed by atoms with van der Waals surface area (Å²) >= 11 is 1.70. The average Bonchev–Trinajstić information content (AvgIpc) is 3.48. The minimum atomic E-state index is -0.364. The van der Waals surface area contributed by atoms with E-state index in [0.717, 1.165) is 41.4 Å². The van der Waals surface area contributed by atoms with E-state index in [2.05, 4.69) is 27.8 Å². The van der Waals surface area contributed by atoms with Gasteiger partial charge in [-0.05, 0) is 68.9 Å². The first-order valence-electron chi connectivity index (χ1n) is 11.0. The second-order valence-corrected chi connectivity index (χ2v) is 9.59. The zero-order valence-corrected chi connectivity index (χ0v) is 18.3. The Kier molecular flexibility index (Phi) is 6.93. The Bertz CT molecular complexity index is 896. The molecule has 2 aliphatic rings. The predicted molar refractivity (Wildman–Crippen MR) is 115 cm³/mol. The van der Waals surface area contributed by atoms with Crippen LogP contribution in [0.25, 0.3) is 0 Å². The molecule has 160 valence electrons. The highest BCUT2D eigenvalue weighted by Gasteiger charge is 2.43. The molecule has 0 N–H and O–H groups in total. The quantitative estimate of drug-likeness (QED) is 0.354. The van der Waals surface area contributed by atoms with Crippen molar-refractivity contribution in [2.24, 2.45) is 17.8 Å². The van der Waals surface area contributed by atoms with Gasteiger partial charge in [0.05, 0.1) is 6.07 Å². The van der Waals surface area contributed by atoms with E-state index in [1.165, 1.54) is 31.7 Å². The van der Waals surface area contributed by atoms with Gasteiger partial charge in [0.2, 0.25) is 0 Å². The normalized spacial score (nSPS) is 23.4. The van der Waals surface area contributed by atoms with Gasteiger partial charge in [0, 0.05) is 18.2 Å². The summed E-state index contributed by atoms with van der Waals surface area (Å²) in [5, 5.41) is 18.5. The first-order valence-corrected chi connectivity index (χ1v) is 12.0. The molecule has 4 unspecified atom stereocenters. The maximum atomic E-state index is 14.0. The Morgan fingerprint density at radius 3 is 2.87 bits per heavy atom. The van der Waals surface area contributed by atoms with Crippen molar-refractivity contribution in [2.45, 2.75) is 69.7 Å². The Morgan fingerprint density at radius 2 is 2.13 bits per heavy atom. The Labute approximate surface area is 182 Å². The lowest BCUT2D eigenvalue weighted by atomic mass is 9.84. The molecule has 5 nitrogen and oxygen atoms in total. The van der Waals surface area contributed by atoms with Crippen molar-refractivity contribution in [1.29, 1.82) is 5.26 Å². The molecule has 1 aromatic heterocycles. The lowest BCUT2D eigenvalue weighted by Gasteiger charge is -2.30. The zero-order valence-electron chi connectivity index (χ0n) is 17.5. The van der Waals surface area contributed by atoms with Gasteiger partial charge in [0.1, 0.15) is 6.61 Å².